The third kappa shape index (κ3) is 2.97. The van der Waals surface area contributed by atoms with E-state index in [0.29, 0.717) is 13.1 Å². The van der Waals surface area contributed by atoms with Gasteiger partial charge in [0, 0.05) is 38.7 Å². The average Bonchev–Trinajstić information content (AvgIpc) is 3.12. The van der Waals surface area contributed by atoms with Crippen molar-refractivity contribution in [2.24, 2.45) is 7.05 Å². The minimum atomic E-state index is -3.38. The van der Waals surface area contributed by atoms with Crippen LogP contribution in [0.2, 0.25) is 0 Å². The highest BCUT2D eigenvalue weighted by Crippen LogP contribution is 2.26. The van der Waals surface area contributed by atoms with Crippen LogP contribution in [0.3, 0.4) is 0 Å². The molecule has 2 aromatic rings. The van der Waals surface area contributed by atoms with E-state index < -0.39 is 10.0 Å². The zero-order valence-electron chi connectivity index (χ0n) is 11.6. The molecule has 1 aliphatic heterocycles. The van der Waals surface area contributed by atoms with Crippen molar-refractivity contribution in [3.63, 3.8) is 0 Å². The van der Waals surface area contributed by atoms with Gasteiger partial charge in [0.2, 0.25) is 10.0 Å². The summed E-state index contributed by atoms with van der Waals surface area (Å²) in [5, 5.41) is 1.54. The third-order valence-corrected chi connectivity index (χ3v) is 6.29. The summed E-state index contributed by atoms with van der Waals surface area (Å²) in [6.07, 6.45) is 6.86. The highest BCUT2D eigenvalue weighted by Gasteiger charge is 2.27. The summed E-state index contributed by atoms with van der Waals surface area (Å²) in [5.74, 6) is 0. The van der Waals surface area contributed by atoms with Crippen molar-refractivity contribution in [2.75, 3.05) is 13.1 Å². The maximum absolute atomic E-state index is 12.4. The zero-order chi connectivity index (χ0) is 14.9. The van der Waals surface area contributed by atoms with E-state index in [1.807, 2.05) is 17.8 Å². The van der Waals surface area contributed by atoms with Gasteiger partial charge in [0.05, 0.1) is 0 Å². The first-order valence-corrected chi connectivity index (χ1v) is 8.94. The van der Waals surface area contributed by atoms with E-state index in [4.69, 9.17) is 0 Å². The number of pyridine rings is 1. The maximum Gasteiger partial charge on any atom is 0.244 e. The normalized spacial score (nSPS) is 16.4. The second kappa shape index (κ2) is 5.78. The van der Waals surface area contributed by atoms with Crippen LogP contribution in [0.5, 0.6) is 0 Å². The quantitative estimate of drug-likeness (QED) is 0.857. The van der Waals surface area contributed by atoms with Gasteiger partial charge in [0.15, 0.2) is 5.16 Å². The fourth-order valence-electron chi connectivity index (χ4n) is 2.20. The number of hydrogen-bond donors (Lipinski definition) is 0. The van der Waals surface area contributed by atoms with Crippen LogP contribution in [0.15, 0.2) is 45.8 Å². The Morgan fingerprint density at radius 3 is 2.52 bits per heavy atom. The molecular weight excluding hydrogens is 308 g/mol. The Morgan fingerprint density at radius 1 is 1.19 bits per heavy atom. The van der Waals surface area contributed by atoms with Crippen molar-refractivity contribution in [1.82, 2.24) is 18.8 Å². The van der Waals surface area contributed by atoms with Crippen LogP contribution < -0.4 is 0 Å². The summed E-state index contributed by atoms with van der Waals surface area (Å²) in [6, 6.07) is 3.34. The molecule has 0 radical (unpaired) electrons. The minimum Gasteiger partial charge on any atom is -0.329 e. The average molecular weight is 324 g/mol. The fraction of sp³-hybridized carbons (Fsp3) is 0.385. The Hall–Kier alpha value is -1.38. The van der Waals surface area contributed by atoms with Gasteiger partial charge in [0.25, 0.3) is 0 Å². The lowest BCUT2D eigenvalue weighted by molar-refractivity contribution is 0.477. The Morgan fingerprint density at radius 2 is 1.95 bits per heavy atom. The topological polar surface area (TPSA) is 68.1 Å². The molecule has 6 nitrogen and oxygen atoms in total. The molecule has 0 bridgehead atoms. The predicted molar refractivity (Wildman–Crippen MR) is 79.6 cm³/mol. The molecule has 0 aliphatic carbocycles. The zero-order valence-corrected chi connectivity index (χ0v) is 13.3. The highest BCUT2D eigenvalue weighted by molar-refractivity contribution is 7.99. The molecule has 0 saturated carbocycles. The van der Waals surface area contributed by atoms with Crippen molar-refractivity contribution in [1.29, 1.82) is 0 Å². The lowest BCUT2D eigenvalue weighted by Crippen LogP contribution is -2.27. The van der Waals surface area contributed by atoms with E-state index in [1.54, 1.807) is 18.3 Å². The van der Waals surface area contributed by atoms with Crippen molar-refractivity contribution in [3.8, 4) is 0 Å². The molecule has 112 valence electrons. The molecule has 0 atom stereocenters. The van der Waals surface area contributed by atoms with Gasteiger partial charge in [-0.15, -0.1) is 0 Å². The van der Waals surface area contributed by atoms with Crippen molar-refractivity contribution in [2.45, 2.75) is 27.9 Å². The summed E-state index contributed by atoms with van der Waals surface area (Å²) in [6.45, 7) is 1.21. The van der Waals surface area contributed by atoms with Crippen molar-refractivity contribution in [3.05, 3.63) is 30.7 Å². The molecule has 0 spiro atoms. The molecule has 3 rings (SSSR count). The molecule has 1 fully saturated rings. The molecule has 3 heterocycles. The molecule has 2 aromatic heterocycles. The number of nitrogens with zero attached hydrogens (tertiary/aromatic N) is 4. The van der Waals surface area contributed by atoms with Gasteiger partial charge in [-0.1, -0.05) is 0 Å². The first-order valence-electron chi connectivity index (χ1n) is 6.69. The predicted octanol–water partition coefficient (Wildman–Crippen LogP) is 1.75. The lowest BCUT2D eigenvalue weighted by atomic mass is 10.4. The number of aromatic nitrogens is 3. The summed E-state index contributed by atoms with van der Waals surface area (Å²) in [5.41, 5.74) is 0. The molecule has 0 amide bonds. The van der Waals surface area contributed by atoms with Gasteiger partial charge in [-0.3, -0.25) is 0 Å². The molecule has 1 aliphatic rings. The Balaban J connectivity index is 1.79. The lowest BCUT2D eigenvalue weighted by Gasteiger charge is -2.15. The number of aryl methyl sites for hydroxylation is 1. The van der Waals surface area contributed by atoms with Crippen LogP contribution >= 0.6 is 11.8 Å². The number of hydrogen-bond acceptors (Lipinski definition) is 5. The molecule has 1 saturated heterocycles. The number of sulfonamides is 1. The van der Waals surface area contributed by atoms with Crippen molar-refractivity contribution >= 4 is 21.8 Å². The van der Waals surface area contributed by atoms with E-state index in [9.17, 15) is 8.42 Å². The Kier molecular flexibility index (Phi) is 4.01. The Bertz CT molecular complexity index is 719. The van der Waals surface area contributed by atoms with Gasteiger partial charge in [0.1, 0.15) is 9.92 Å². The van der Waals surface area contributed by atoms with Gasteiger partial charge in [-0.2, -0.15) is 4.31 Å². The smallest absolute Gasteiger partial charge is 0.244 e. The number of rotatable bonds is 4. The molecular formula is C13H16N4O2S2. The second-order valence-corrected chi connectivity index (χ2v) is 7.79. The summed E-state index contributed by atoms with van der Waals surface area (Å²) in [7, 11) is -1.48. The maximum atomic E-state index is 12.4. The van der Waals surface area contributed by atoms with Crippen LogP contribution in [0, 0.1) is 0 Å². The molecule has 0 unspecified atom stereocenters. The van der Waals surface area contributed by atoms with Gasteiger partial charge in [-0.05, 0) is 36.7 Å². The van der Waals surface area contributed by atoms with Crippen molar-refractivity contribution < 1.29 is 8.42 Å². The third-order valence-electron chi connectivity index (χ3n) is 3.38. The van der Waals surface area contributed by atoms with E-state index in [1.165, 1.54) is 22.3 Å². The molecule has 0 N–H and O–H groups in total. The van der Waals surface area contributed by atoms with E-state index in [0.717, 1.165) is 23.0 Å². The van der Waals surface area contributed by atoms with Gasteiger partial charge < -0.3 is 4.57 Å². The first kappa shape index (κ1) is 14.6. The molecule has 21 heavy (non-hydrogen) atoms. The minimum absolute atomic E-state index is 0.258. The summed E-state index contributed by atoms with van der Waals surface area (Å²) < 4.78 is 28.2. The van der Waals surface area contributed by atoms with Crippen LogP contribution in [0.4, 0.5) is 0 Å². The fourth-order valence-corrected chi connectivity index (χ4v) is 4.41. The highest BCUT2D eigenvalue weighted by atomic mass is 32.2. The Labute approximate surface area is 128 Å². The first-order chi connectivity index (χ1) is 10.1. The van der Waals surface area contributed by atoms with E-state index in [2.05, 4.69) is 9.97 Å². The van der Waals surface area contributed by atoms with Gasteiger partial charge in [-0.25, -0.2) is 18.4 Å². The largest absolute Gasteiger partial charge is 0.329 e. The SMILES string of the molecule is Cn1ccnc1Sc1ccc(S(=O)(=O)N2CCCC2)cn1. The summed E-state index contributed by atoms with van der Waals surface area (Å²) >= 11 is 1.40. The second-order valence-electron chi connectivity index (χ2n) is 4.87. The molecule has 0 aromatic carbocycles. The van der Waals surface area contributed by atoms with E-state index in [-0.39, 0.29) is 4.90 Å². The monoisotopic (exact) mass is 324 g/mol. The summed E-state index contributed by atoms with van der Waals surface area (Å²) in [4.78, 5) is 8.70. The van der Waals surface area contributed by atoms with Gasteiger partial charge >= 0.3 is 0 Å². The van der Waals surface area contributed by atoms with Crippen LogP contribution in [-0.4, -0.2) is 40.3 Å². The van der Waals surface area contributed by atoms with Crippen LogP contribution in [-0.2, 0) is 17.1 Å². The van der Waals surface area contributed by atoms with Crippen LogP contribution in [0.25, 0.3) is 0 Å². The van der Waals surface area contributed by atoms with E-state index >= 15 is 0 Å². The standard InChI is InChI=1S/C13H16N4O2S2/c1-16-9-6-14-13(16)20-12-5-4-11(10-15-12)21(18,19)17-7-2-3-8-17/h4-6,9-10H,2-3,7-8H2,1H3. The molecule has 8 heteroatoms. The van der Waals surface area contributed by atoms with Crippen LogP contribution in [0.1, 0.15) is 12.8 Å². The number of imidazole rings is 1.